The van der Waals surface area contributed by atoms with Crippen molar-refractivity contribution in [2.75, 3.05) is 0 Å². The van der Waals surface area contributed by atoms with Crippen LogP contribution in [0.2, 0.25) is 18.1 Å². The molecule has 1 heterocycles. The van der Waals surface area contributed by atoms with Crippen molar-refractivity contribution in [2.45, 2.75) is 64.3 Å². The van der Waals surface area contributed by atoms with Gasteiger partial charge in [0.15, 0.2) is 8.32 Å². The number of rotatable bonds is 5. The Morgan fingerprint density at radius 2 is 1.78 bits per heavy atom. The van der Waals surface area contributed by atoms with E-state index >= 15 is 0 Å². The lowest BCUT2D eigenvalue weighted by atomic mass is 10.1. The van der Waals surface area contributed by atoms with Gasteiger partial charge in [-0.1, -0.05) is 32.9 Å². The van der Waals surface area contributed by atoms with E-state index in [1.54, 1.807) is 0 Å². The molecular formula is C18H26N2O2Si. The Kier molecular flexibility index (Phi) is 4.19. The summed E-state index contributed by atoms with van der Waals surface area (Å²) < 4.78 is 12.0. The van der Waals surface area contributed by atoms with Gasteiger partial charge in [0.05, 0.1) is 6.61 Å². The topological polar surface area (TPSA) is 48.2 Å². The first-order valence-corrected chi connectivity index (χ1v) is 11.2. The van der Waals surface area contributed by atoms with Crippen LogP contribution in [0.1, 0.15) is 51.0 Å². The first kappa shape index (κ1) is 16.4. The lowest BCUT2D eigenvalue weighted by Gasteiger charge is -2.36. The van der Waals surface area contributed by atoms with E-state index in [1.165, 1.54) is 18.4 Å². The third-order valence-corrected chi connectivity index (χ3v) is 9.45. The van der Waals surface area contributed by atoms with E-state index in [0.717, 1.165) is 11.5 Å². The molecule has 0 atom stereocenters. The SMILES string of the molecule is CC(C)(C)[Si](C)(C)OCc1ccc(-c2nnc(C3CC3)o2)cc1. The second-order valence-corrected chi connectivity index (χ2v) is 12.8. The summed E-state index contributed by atoms with van der Waals surface area (Å²) in [5.74, 6) is 1.89. The average Bonchev–Trinajstić information content (AvgIpc) is 3.22. The molecule has 3 rings (SSSR count). The predicted octanol–water partition coefficient (Wildman–Crippen LogP) is 5.14. The maximum Gasteiger partial charge on any atom is 0.247 e. The standard InChI is InChI=1S/C18H26N2O2Si/c1-18(2,3)23(4,5)21-12-13-6-8-14(9-7-13)16-19-20-17(22-16)15-10-11-15/h6-9,15H,10-12H2,1-5H3. The van der Waals surface area contributed by atoms with Crippen LogP contribution in [0, 0.1) is 0 Å². The van der Waals surface area contributed by atoms with Gasteiger partial charge in [-0.3, -0.25) is 0 Å². The Morgan fingerprint density at radius 1 is 1.13 bits per heavy atom. The highest BCUT2D eigenvalue weighted by atomic mass is 28.4. The monoisotopic (exact) mass is 330 g/mol. The third kappa shape index (κ3) is 3.72. The van der Waals surface area contributed by atoms with Crippen molar-refractivity contribution in [3.8, 4) is 11.5 Å². The van der Waals surface area contributed by atoms with Gasteiger partial charge in [0.1, 0.15) is 0 Å². The molecule has 1 aliphatic rings. The van der Waals surface area contributed by atoms with E-state index in [2.05, 4.69) is 56.2 Å². The Hall–Kier alpha value is -1.46. The predicted molar refractivity (Wildman–Crippen MR) is 93.7 cm³/mol. The van der Waals surface area contributed by atoms with Crippen LogP contribution < -0.4 is 0 Å². The van der Waals surface area contributed by atoms with Crippen molar-refractivity contribution in [1.29, 1.82) is 0 Å². The van der Waals surface area contributed by atoms with E-state index in [9.17, 15) is 0 Å². The number of benzene rings is 1. The summed E-state index contributed by atoms with van der Waals surface area (Å²) in [6, 6.07) is 8.25. The highest BCUT2D eigenvalue weighted by Crippen LogP contribution is 2.40. The van der Waals surface area contributed by atoms with Gasteiger partial charge in [-0.15, -0.1) is 10.2 Å². The van der Waals surface area contributed by atoms with Crippen LogP contribution in [0.25, 0.3) is 11.5 Å². The maximum absolute atomic E-state index is 6.26. The van der Waals surface area contributed by atoms with Crippen molar-refractivity contribution in [2.24, 2.45) is 0 Å². The fourth-order valence-electron chi connectivity index (χ4n) is 2.07. The highest BCUT2D eigenvalue weighted by molar-refractivity contribution is 6.74. The minimum absolute atomic E-state index is 0.232. The van der Waals surface area contributed by atoms with Crippen LogP contribution in [-0.2, 0) is 11.0 Å². The van der Waals surface area contributed by atoms with Crippen LogP contribution in [0.15, 0.2) is 28.7 Å². The molecule has 23 heavy (non-hydrogen) atoms. The molecule has 4 nitrogen and oxygen atoms in total. The lowest BCUT2D eigenvalue weighted by Crippen LogP contribution is -2.40. The second kappa shape index (κ2) is 5.87. The zero-order valence-electron chi connectivity index (χ0n) is 14.7. The van der Waals surface area contributed by atoms with Crippen molar-refractivity contribution < 1.29 is 8.84 Å². The van der Waals surface area contributed by atoms with Gasteiger partial charge in [0, 0.05) is 11.5 Å². The summed E-state index contributed by atoms with van der Waals surface area (Å²) in [4.78, 5) is 0. The van der Waals surface area contributed by atoms with Crippen LogP contribution in [0.4, 0.5) is 0 Å². The van der Waals surface area contributed by atoms with Crippen molar-refractivity contribution in [1.82, 2.24) is 10.2 Å². The molecule has 2 aromatic rings. The van der Waals surface area contributed by atoms with Gasteiger partial charge in [0.25, 0.3) is 0 Å². The largest absolute Gasteiger partial charge is 0.420 e. The van der Waals surface area contributed by atoms with Crippen LogP contribution in [0.5, 0.6) is 0 Å². The Labute approximate surface area is 139 Å². The van der Waals surface area contributed by atoms with Gasteiger partial charge in [-0.05, 0) is 48.7 Å². The molecule has 0 saturated heterocycles. The molecule has 1 aliphatic carbocycles. The summed E-state index contributed by atoms with van der Waals surface area (Å²) in [5, 5.41) is 8.52. The molecule has 1 aromatic heterocycles. The molecule has 0 radical (unpaired) electrons. The Bertz CT molecular complexity index is 667. The molecule has 0 bridgehead atoms. The van der Waals surface area contributed by atoms with Crippen molar-refractivity contribution >= 4 is 8.32 Å². The normalized spacial score (nSPS) is 15.9. The third-order valence-electron chi connectivity index (χ3n) is 4.97. The first-order valence-electron chi connectivity index (χ1n) is 8.33. The number of hydrogen-bond acceptors (Lipinski definition) is 4. The van der Waals surface area contributed by atoms with E-state index in [0.29, 0.717) is 18.4 Å². The Morgan fingerprint density at radius 3 is 2.35 bits per heavy atom. The van der Waals surface area contributed by atoms with E-state index in [-0.39, 0.29) is 5.04 Å². The van der Waals surface area contributed by atoms with Crippen LogP contribution in [0.3, 0.4) is 0 Å². The molecule has 0 unspecified atom stereocenters. The van der Waals surface area contributed by atoms with E-state index < -0.39 is 8.32 Å². The second-order valence-electron chi connectivity index (χ2n) is 7.97. The molecule has 0 spiro atoms. The van der Waals surface area contributed by atoms with Crippen LogP contribution in [-0.4, -0.2) is 18.5 Å². The molecule has 1 aromatic carbocycles. The van der Waals surface area contributed by atoms with Crippen molar-refractivity contribution in [3.63, 3.8) is 0 Å². The molecule has 0 aliphatic heterocycles. The molecule has 0 amide bonds. The quantitative estimate of drug-likeness (QED) is 0.713. The molecule has 1 saturated carbocycles. The summed E-state index contributed by atoms with van der Waals surface area (Å²) in [6.07, 6.45) is 2.34. The molecule has 0 N–H and O–H groups in total. The van der Waals surface area contributed by atoms with Gasteiger partial charge in [0.2, 0.25) is 11.8 Å². The number of hydrogen-bond donors (Lipinski definition) is 0. The smallest absolute Gasteiger partial charge is 0.247 e. The zero-order valence-corrected chi connectivity index (χ0v) is 15.7. The lowest BCUT2D eigenvalue weighted by molar-refractivity contribution is 0.276. The van der Waals surface area contributed by atoms with Gasteiger partial charge < -0.3 is 8.84 Å². The molecule has 124 valence electrons. The molecule has 1 fully saturated rings. The summed E-state index contributed by atoms with van der Waals surface area (Å²) in [7, 11) is -1.71. The minimum atomic E-state index is -1.71. The number of aromatic nitrogens is 2. The van der Waals surface area contributed by atoms with Gasteiger partial charge >= 0.3 is 0 Å². The first-order chi connectivity index (χ1) is 10.8. The number of nitrogens with zero attached hydrogens (tertiary/aromatic N) is 2. The summed E-state index contributed by atoms with van der Waals surface area (Å²) in [5.41, 5.74) is 2.15. The summed E-state index contributed by atoms with van der Waals surface area (Å²) >= 11 is 0. The minimum Gasteiger partial charge on any atom is -0.420 e. The summed E-state index contributed by atoms with van der Waals surface area (Å²) in [6.45, 7) is 12.0. The molecular weight excluding hydrogens is 304 g/mol. The van der Waals surface area contributed by atoms with Crippen LogP contribution >= 0.6 is 0 Å². The molecule has 5 heteroatoms. The van der Waals surface area contributed by atoms with Crippen molar-refractivity contribution in [3.05, 3.63) is 35.7 Å². The van der Waals surface area contributed by atoms with E-state index in [4.69, 9.17) is 8.84 Å². The van der Waals surface area contributed by atoms with Gasteiger partial charge in [-0.25, -0.2) is 0 Å². The van der Waals surface area contributed by atoms with Gasteiger partial charge in [-0.2, -0.15) is 0 Å². The fourth-order valence-corrected chi connectivity index (χ4v) is 3.03. The fraction of sp³-hybridized carbons (Fsp3) is 0.556. The van der Waals surface area contributed by atoms with E-state index in [1.807, 2.05) is 12.1 Å². The Balaban J connectivity index is 1.64. The highest BCUT2D eigenvalue weighted by Gasteiger charge is 2.37. The maximum atomic E-state index is 6.26. The zero-order chi connectivity index (χ0) is 16.7. The average molecular weight is 331 g/mol.